The number of likely N-dealkylation sites (tertiary alicyclic amines) is 1. The minimum atomic E-state index is 0.345. The maximum Gasteiger partial charge on any atom is 0.0195 e. The molecule has 2 aliphatic rings. The van der Waals surface area contributed by atoms with Gasteiger partial charge in [0.1, 0.15) is 0 Å². The van der Waals surface area contributed by atoms with E-state index in [4.69, 9.17) is 0 Å². The van der Waals surface area contributed by atoms with E-state index in [1.807, 2.05) is 0 Å². The van der Waals surface area contributed by atoms with Gasteiger partial charge in [-0.3, -0.25) is 9.80 Å². The Bertz CT molecular complexity index is 358. The molecule has 2 aliphatic heterocycles. The van der Waals surface area contributed by atoms with E-state index in [9.17, 15) is 0 Å². The second-order valence-corrected chi connectivity index (χ2v) is 10.2. The lowest BCUT2D eigenvalue weighted by Crippen LogP contribution is -2.55. The van der Waals surface area contributed by atoms with Crippen molar-refractivity contribution in [2.45, 2.75) is 72.9 Å². The first kappa shape index (κ1) is 19.2. The van der Waals surface area contributed by atoms with Crippen molar-refractivity contribution in [3.63, 3.8) is 0 Å². The summed E-state index contributed by atoms with van der Waals surface area (Å²) in [5, 5.41) is 0. The average molecular weight is 324 g/mol. The lowest BCUT2D eigenvalue weighted by Gasteiger charge is -2.45. The fourth-order valence-corrected chi connectivity index (χ4v) is 4.23. The molecule has 2 fully saturated rings. The molecule has 1 atom stereocenters. The van der Waals surface area contributed by atoms with Crippen molar-refractivity contribution >= 4 is 0 Å². The minimum Gasteiger partial charge on any atom is -0.300 e. The molecular weight excluding hydrogens is 282 g/mol. The van der Waals surface area contributed by atoms with Crippen LogP contribution in [-0.4, -0.2) is 72.1 Å². The first-order valence-corrected chi connectivity index (χ1v) is 9.76. The van der Waals surface area contributed by atoms with Crippen LogP contribution in [0.25, 0.3) is 0 Å². The zero-order chi connectivity index (χ0) is 17.3. The fourth-order valence-electron chi connectivity index (χ4n) is 4.23. The fraction of sp³-hybridized carbons (Fsp3) is 1.00. The van der Waals surface area contributed by atoms with Gasteiger partial charge < -0.3 is 4.90 Å². The third-order valence-electron chi connectivity index (χ3n) is 5.61. The van der Waals surface area contributed by atoms with Crippen LogP contribution < -0.4 is 0 Å². The van der Waals surface area contributed by atoms with Crippen LogP contribution in [0.2, 0.25) is 0 Å². The molecule has 2 saturated heterocycles. The van der Waals surface area contributed by atoms with Crippen molar-refractivity contribution in [1.29, 1.82) is 0 Å². The van der Waals surface area contributed by atoms with Crippen molar-refractivity contribution in [3.05, 3.63) is 0 Å². The molecule has 0 radical (unpaired) electrons. The Balaban J connectivity index is 1.74. The summed E-state index contributed by atoms with van der Waals surface area (Å²) in [6.07, 6.45) is 2.77. The first-order chi connectivity index (χ1) is 10.5. The van der Waals surface area contributed by atoms with Crippen molar-refractivity contribution < 1.29 is 0 Å². The van der Waals surface area contributed by atoms with E-state index < -0.39 is 0 Å². The van der Waals surface area contributed by atoms with Gasteiger partial charge in [0.05, 0.1) is 0 Å². The molecule has 3 heteroatoms. The third-order valence-corrected chi connectivity index (χ3v) is 5.61. The predicted molar refractivity (Wildman–Crippen MR) is 101 cm³/mol. The van der Waals surface area contributed by atoms with Gasteiger partial charge in [0.2, 0.25) is 0 Å². The molecule has 2 rings (SSSR count). The number of piperidine rings is 1. The van der Waals surface area contributed by atoms with E-state index in [1.54, 1.807) is 0 Å². The SMILES string of the molecule is C[C@@H]1CN(CC2CCN(C(C)(C)C)CC2)CCN1CC(C)(C)C. The second kappa shape index (κ2) is 7.41. The Morgan fingerprint density at radius 2 is 1.48 bits per heavy atom. The summed E-state index contributed by atoms with van der Waals surface area (Å²) >= 11 is 0. The number of hydrogen-bond donors (Lipinski definition) is 0. The Kier molecular flexibility index (Phi) is 6.19. The van der Waals surface area contributed by atoms with Crippen molar-refractivity contribution in [2.24, 2.45) is 11.3 Å². The zero-order valence-electron chi connectivity index (χ0n) is 16.9. The van der Waals surface area contributed by atoms with Gasteiger partial charge in [0, 0.05) is 44.3 Å². The van der Waals surface area contributed by atoms with E-state index in [-0.39, 0.29) is 0 Å². The van der Waals surface area contributed by atoms with Crippen molar-refractivity contribution in [3.8, 4) is 0 Å². The van der Waals surface area contributed by atoms with E-state index in [2.05, 4.69) is 63.2 Å². The van der Waals surface area contributed by atoms with Crippen molar-refractivity contribution in [2.75, 3.05) is 45.8 Å². The molecule has 0 unspecified atom stereocenters. The van der Waals surface area contributed by atoms with Crippen LogP contribution in [0.1, 0.15) is 61.3 Å². The molecule has 23 heavy (non-hydrogen) atoms. The highest BCUT2D eigenvalue weighted by atomic mass is 15.3. The van der Waals surface area contributed by atoms with Gasteiger partial charge >= 0.3 is 0 Å². The molecule has 0 bridgehead atoms. The monoisotopic (exact) mass is 323 g/mol. The number of rotatable bonds is 3. The molecule has 2 heterocycles. The minimum absolute atomic E-state index is 0.345. The van der Waals surface area contributed by atoms with Crippen LogP contribution in [-0.2, 0) is 0 Å². The average Bonchev–Trinajstić information content (AvgIpc) is 2.40. The highest BCUT2D eigenvalue weighted by Gasteiger charge is 2.31. The summed E-state index contributed by atoms with van der Waals surface area (Å²) in [4.78, 5) is 8.09. The second-order valence-electron chi connectivity index (χ2n) is 10.2. The smallest absolute Gasteiger partial charge is 0.0195 e. The molecule has 0 saturated carbocycles. The summed E-state index contributed by atoms with van der Waals surface area (Å²) < 4.78 is 0. The zero-order valence-corrected chi connectivity index (χ0v) is 16.9. The number of piperazine rings is 1. The molecular formula is C20H41N3. The van der Waals surface area contributed by atoms with Crippen LogP contribution in [0.3, 0.4) is 0 Å². The summed E-state index contributed by atoms with van der Waals surface area (Å²) in [6, 6.07) is 0.706. The molecule has 0 aromatic carbocycles. The molecule has 136 valence electrons. The standard InChI is InChI=1S/C20H41N3/c1-17-14-21(12-13-22(17)16-19(2,3)4)15-18-8-10-23(11-9-18)20(5,6)7/h17-18H,8-16H2,1-7H3/t17-/m1/s1. The normalized spacial score (nSPS) is 27.5. The van der Waals surface area contributed by atoms with Gasteiger partial charge in [-0.15, -0.1) is 0 Å². The molecule has 0 spiro atoms. The van der Waals surface area contributed by atoms with E-state index in [1.165, 1.54) is 58.7 Å². The Morgan fingerprint density at radius 1 is 0.870 bits per heavy atom. The number of nitrogens with zero attached hydrogens (tertiary/aromatic N) is 3. The van der Waals surface area contributed by atoms with Gasteiger partial charge in [-0.1, -0.05) is 20.8 Å². The third kappa shape index (κ3) is 6.03. The Morgan fingerprint density at radius 3 is 1.96 bits per heavy atom. The van der Waals surface area contributed by atoms with Gasteiger partial charge in [0.15, 0.2) is 0 Å². The predicted octanol–water partition coefficient (Wildman–Crippen LogP) is 3.55. The van der Waals surface area contributed by atoms with Gasteiger partial charge in [-0.05, 0) is 65.0 Å². The van der Waals surface area contributed by atoms with Crippen LogP contribution in [0.5, 0.6) is 0 Å². The molecule has 0 N–H and O–H groups in total. The Labute approximate surface area is 145 Å². The summed E-state index contributed by atoms with van der Waals surface area (Å²) in [7, 11) is 0. The van der Waals surface area contributed by atoms with Crippen LogP contribution in [0, 0.1) is 11.3 Å². The van der Waals surface area contributed by atoms with E-state index >= 15 is 0 Å². The topological polar surface area (TPSA) is 9.72 Å². The largest absolute Gasteiger partial charge is 0.300 e. The Hall–Kier alpha value is -0.120. The van der Waals surface area contributed by atoms with E-state index in [0.717, 1.165) is 5.92 Å². The number of hydrogen-bond acceptors (Lipinski definition) is 3. The lowest BCUT2D eigenvalue weighted by molar-refractivity contribution is 0.0332. The van der Waals surface area contributed by atoms with Gasteiger partial charge in [-0.25, -0.2) is 0 Å². The van der Waals surface area contributed by atoms with E-state index in [0.29, 0.717) is 17.0 Å². The van der Waals surface area contributed by atoms with Crippen LogP contribution >= 0.6 is 0 Å². The summed E-state index contributed by atoms with van der Waals surface area (Å²) in [5.41, 5.74) is 0.758. The van der Waals surface area contributed by atoms with Gasteiger partial charge in [-0.2, -0.15) is 0 Å². The lowest BCUT2D eigenvalue weighted by atomic mass is 9.92. The molecule has 0 aliphatic carbocycles. The summed E-state index contributed by atoms with van der Waals surface area (Å²) in [5.74, 6) is 0.912. The highest BCUT2D eigenvalue weighted by Crippen LogP contribution is 2.26. The summed E-state index contributed by atoms with van der Waals surface area (Å²) in [6.45, 7) is 25.4. The molecule has 0 amide bonds. The van der Waals surface area contributed by atoms with Gasteiger partial charge in [0.25, 0.3) is 0 Å². The maximum atomic E-state index is 2.74. The maximum absolute atomic E-state index is 2.74. The molecule has 3 nitrogen and oxygen atoms in total. The molecule has 0 aromatic heterocycles. The molecule has 0 aromatic rings. The highest BCUT2D eigenvalue weighted by molar-refractivity contribution is 4.86. The first-order valence-electron chi connectivity index (χ1n) is 9.76. The van der Waals surface area contributed by atoms with Crippen LogP contribution in [0.4, 0.5) is 0 Å². The van der Waals surface area contributed by atoms with Crippen molar-refractivity contribution in [1.82, 2.24) is 14.7 Å². The van der Waals surface area contributed by atoms with Crippen LogP contribution in [0.15, 0.2) is 0 Å². The quantitative estimate of drug-likeness (QED) is 0.786.